The van der Waals surface area contributed by atoms with Crippen LogP contribution in [0.4, 0.5) is 17.3 Å². The number of ether oxygens (including phenoxy) is 1. The number of aromatic amines is 1. The van der Waals surface area contributed by atoms with Crippen molar-refractivity contribution in [1.82, 2.24) is 30.1 Å². The fourth-order valence-electron chi connectivity index (χ4n) is 3.01. The number of rotatable bonds is 5. The Kier molecular flexibility index (Phi) is 5.43. The molecule has 32 heavy (non-hydrogen) atoms. The van der Waals surface area contributed by atoms with Crippen LogP contribution in [0.25, 0.3) is 11.0 Å². The molecule has 1 amide bonds. The Balaban J connectivity index is 1.60. The summed E-state index contributed by atoms with van der Waals surface area (Å²) in [4.78, 5) is 29.7. The second-order valence-corrected chi connectivity index (χ2v) is 8.34. The number of aryl methyl sites for hydroxylation is 1. The summed E-state index contributed by atoms with van der Waals surface area (Å²) in [5, 5.41) is 13.2. The van der Waals surface area contributed by atoms with Gasteiger partial charge in [-0.15, -0.1) is 0 Å². The van der Waals surface area contributed by atoms with Gasteiger partial charge in [-0.25, -0.2) is 15.0 Å². The van der Waals surface area contributed by atoms with E-state index in [0.717, 1.165) is 11.3 Å². The number of hydrogen-bond donors (Lipinski definition) is 3. The zero-order valence-electron chi connectivity index (χ0n) is 18.5. The predicted molar refractivity (Wildman–Crippen MR) is 121 cm³/mol. The molecule has 1 aromatic carbocycles. The van der Waals surface area contributed by atoms with Crippen molar-refractivity contribution in [3.8, 4) is 6.01 Å². The zero-order valence-corrected chi connectivity index (χ0v) is 18.5. The Morgan fingerprint density at radius 3 is 2.66 bits per heavy atom. The quantitative estimate of drug-likeness (QED) is 0.435. The smallest absolute Gasteiger partial charge is 0.316 e. The fraction of sp³-hybridized carbons (Fsp3) is 0.273. The summed E-state index contributed by atoms with van der Waals surface area (Å²) in [6.07, 6.45) is 3.00. The Morgan fingerprint density at radius 2 is 1.94 bits per heavy atom. The van der Waals surface area contributed by atoms with E-state index in [1.165, 1.54) is 13.4 Å². The van der Waals surface area contributed by atoms with E-state index < -0.39 is 0 Å². The molecule has 0 unspecified atom stereocenters. The van der Waals surface area contributed by atoms with E-state index in [2.05, 4.69) is 61.5 Å². The lowest BCUT2D eigenvalue weighted by atomic mass is 9.92. The van der Waals surface area contributed by atoms with E-state index in [0.29, 0.717) is 33.9 Å². The second kappa shape index (κ2) is 8.22. The maximum absolute atomic E-state index is 12.8. The van der Waals surface area contributed by atoms with Crippen molar-refractivity contribution in [1.29, 1.82) is 0 Å². The molecule has 0 saturated carbocycles. The van der Waals surface area contributed by atoms with Gasteiger partial charge in [0.25, 0.3) is 5.91 Å². The van der Waals surface area contributed by atoms with E-state index >= 15 is 0 Å². The Hall–Kier alpha value is -4.08. The van der Waals surface area contributed by atoms with Crippen molar-refractivity contribution < 1.29 is 9.53 Å². The average Bonchev–Trinajstić information content (AvgIpc) is 3.24. The zero-order chi connectivity index (χ0) is 22.9. The third kappa shape index (κ3) is 4.34. The van der Waals surface area contributed by atoms with Gasteiger partial charge in [0, 0.05) is 28.4 Å². The van der Waals surface area contributed by atoms with Gasteiger partial charge >= 0.3 is 6.01 Å². The monoisotopic (exact) mass is 432 g/mol. The minimum atomic E-state index is -0.267. The molecule has 164 valence electrons. The summed E-state index contributed by atoms with van der Waals surface area (Å²) in [7, 11) is 1.49. The van der Waals surface area contributed by atoms with Gasteiger partial charge in [-0.1, -0.05) is 26.8 Å². The van der Waals surface area contributed by atoms with Crippen LogP contribution in [-0.4, -0.2) is 43.2 Å². The number of carbonyl (C=O) groups is 1. The van der Waals surface area contributed by atoms with Crippen LogP contribution in [0.2, 0.25) is 0 Å². The molecule has 4 aromatic rings. The number of amides is 1. The van der Waals surface area contributed by atoms with Crippen molar-refractivity contribution in [2.24, 2.45) is 0 Å². The molecule has 0 radical (unpaired) electrons. The highest BCUT2D eigenvalue weighted by atomic mass is 16.5. The topological polar surface area (TPSA) is 131 Å². The summed E-state index contributed by atoms with van der Waals surface area (Å²) in [5.74, 6) is 0.690. The van der Waals surface area contributed by atoms with Gasteiger partial charge in [-0.3, -0.25) is 9.89 Å². The highest BCUT2D eigenvalue weighted by Gasteiger charge is 2.18. The van der Waals surface area contributed by atoms with Crippen molar-refractivity contribution in [2.45, 2.75) is 33.1 Å². The number of anilines is 3. The lowest BCUT2D eigenvalue weighted by molar-refractivity contribution is 0.102. The number of nitrogens with zero attached hydrogens (tertiary/aromatic N) is 5. The summed E-state index contributed by atoms with van der Waals surface area (Å²) in [6, 6.07) is 7.44. The predicted octanol–water partition coefficient (Wildman–Crippen LogP) is 3.75. The van der Waals surface area contributed by atoms with Gasteiger partial charge in [0.15, 0.2) is 11.6 Å². The first-order valence-corrected chi connectivity index (χ1v) is 10.0. The first-order chi connectivity index (χ1) is 15.2. The van der Waals surface area contributed by atoms with Gasteiger partial charge < -0.3 is 15.4 Å². The first kappa shape index (κ1) is 21.2. The Labute approximate surface area is 184 Å². The first-order valence-electron chi connectivity index (χ1n) is 10.0. The van der Waals surface area contributed by atoms with E-state index in [-0.39, 0.29) is 17.3 Å². The maximum atomic E-state index is 12.8. The largest absolute Gasteiger partial charge is 0.467 e. The lowest BCUT2D eigenvalue weighted by Crippen LogP contribution is -2.13. The van der Waals surface area contributed by atoms with Crippen LogP contribution >= 0.6 is 0 Å². The molecule has 4 rings (SSSR count). The van der Waals surface area contributed by atoms with E-state index in [1.54, 1.807) is 18.3 Å². The molecule has 3 heterocycles. The highest BCUT2D eigenvalue weighted by Crippen LogP contribution is 2.26. The van der Waals surface area contributed by atoms with Gasteiger partial charge in [0.05, 0.1) is 13.3 Å². The molecule has 0 atom stereocenters. The number of H-pyrrole nitrogens is 1. The summed E-state index contributed by atoms with van der Waals surface area (Å²) in [6.45, 7) is 8.15. The van der Waals surface area contributed by atoms with Crippen molar-refractivity contribution in [2.75, 3.05) is 17.7 Å². The molecule has 0 aliphatic heterocycles. The van der Waals surface area contributed by atoms with Gasteiger partial charge in [0.1, 0.15) is 17.4 Å². The molecule has 0 fully saturated rings. The van der Waals surface area contributed by atoms with Gasteiger partial charge in [0.2, 0.25) is 0 Å². The number of nitrogens with one attached hydrogen (secondary N) is 3. The highest BCUT2D eigenvalue weighted by molar-refractivity contribution is 6.04. The normalized spacial score (nSPS) is 11.4. The summed E-state index contributed by atoms with van der Waals surface area (Å²) >= 11 is 0. The van der Waals surface area contributed by atoms with E-state index in [9.17, 15) is 4.79 Å². The van der Waals surface area contributed by atoms with Gasteiger partial charge in [-0.2, -0.15) is 10.1 Å². The van der Waals surface area contributed by atoms with Gasteiger partial charge in [-0.05, 0) is 24.6 Å². The standard InChI is InChI=1S/C22H24N8O2/c1-12-6-7-13(20(31)27-17-9-16(29-30-17)22(2,3)4)8-14(12)26-19-18-15(24-11-25-19)10-23-21(28-18)32-5/h6-11H,1-5H3,(H,24,25,26)(H2,27,29,30,31). The third-order valence-electron chi connectivity index (χ3n) is 4.92. The molecule has 0 aliphatic carbocycles. The molecule has 0 aliphatic rings. The Bertz CT molecular complexity index is 1290. The molecule has 0 spiro atoms. The minimum Gasteiger partial charge on any atom is -0.467 e. The van der Waals surface area contributed by atoms with Crippen LogP contribution in [-0.2, 0) is 5.41 Å². The number of carbonyl (C=O) groups excluding carboxylic acids is 1. The SMILES string of the molecule is COc1ncc2ncnc(Nc3cc(C(=O)Nc4cc(C(C)(C)C)[nH]n4)ccc3C)c2n1. The van der Waals surface area contributed by atoms with E-state index in [4.69, 9.17) is 4.74 Å². The summed E-state index contributed by atoms with van der Waals surface area (Å²) < 4.78 is 5.11. The minimum absolute atomic E-state index is 0.0938. The molecular formula is C22H24N8O2. The lowest BCUT2D eigenvalue weighted by Gasteiger charge is -2.14. The van der Waals surface area contributed by atoms with Crippen molar-refractivity contribution >= 4 is 34.3 Å². The van der Waals surface area contributed by atoms with Crippen LogP contribution in [0.15, 0.2) is 36.8 Å². The maximum Gasteiger partial charge on any atom is 0.316 e. The van der Waals surface area contributed by atoms with Crippen LogP contribution in [0.1, 0.15) is 42.4 Å². The number of benzene rings is 1. The molecule has 3 N–H and O–H groups in total. The molecule has 3 aromatic heterocycles. The molecule has 0 bridgehead atoms. The van der Waals surface area contributed by atoms with Crippen molar-refractivity contribution in [3.63, 3.8) is 0 Å². The number of fused-ring (bicyclic) bond motifs is 1. The molecular weight excluding hydrogens is 408 g/mol. The van der Waals surface area contributed by atoms with Crippen LogP contribution < -0.4 is 15.4 Å². The van der Waals surface area contributed by atoms with Crippen molar-refractivity contribution in [3.05, 3.63) is 53.6 Å². The number of aromatic nitrogens is 6. The third-order valence-corrected chi connectivity index (χ3v) is 4.92. The molecule has 10 heteroatoms. The van der Waals surface area contributed by atoms with Crippen LogP contribution in [0, 0.1) is 6.92 Å². The average molecular weight is 432 g/mol. The molecule has 10 nitrogen and oxygen atoms in total. The Morgan fingerprint density at radius 1 is 1.12 bits per heavy atom. The van der Waals surface area contributed by atoms with Crippen LogP contribution in [0.3, 0.4) is 0 Å². The number of hydrogen-bond acceptors (Lipinski definition) is 8. The summed E-state index contributed by atoms with van der Waals surface area (Å²) in [5.41, 5.74) is 4.06. The fourth-order valence-corrected chi connectivity index (χ4v) is 3.01. The molecule has 0 saturated heterocycles. The van der Waals surface area contributed by atoms with Crippen LogP contribution in [0.5, 0.6) is 6.01 Å². The number of methoxy groups -OCH3 is 1. The van der Waals surface area contributed by atoms with E-state index in [1.807, 2.05) is 19.1 Å². The second-order valence-electron chi connectivity index (χ2n) is 8.34.